The summed E-state index contributed by atoms with van der Waals surface area (Å²) in [4.78, 5) is 11.6. The van der Waals surface area contributed by atoms with Crippen LogP contribution in [0, 0.1) is 5.92 Å². The van der Waals surface area contributed by atoms with Crippen LogP contribution in [0.5, 0.6) is 0 Å². The lowest BCUT2D eigenvalue weighted by atomic mass is 10.0. The number of alkyl halides is 1. The molecule has 0 saturated carbocycles. The van der Waals surface area contributed by atoms with Crippen molar-refractivity contribution in [2.45, 2.75) is 26.2 Å². The number of hydrogen-bond donors (Lipinski definition) is 1. The molecule has 1 heterocycles. The van der Waals surface area contributed by atoms with Crippen molar-refractivity contribution in [3.63, 3.8) is 0 Å². The minimum Gasteiger partial charge on any atom is -0.364 e. The highest BCUT2D eigenvalue weighted by molar-refractivity contribution is 6.17. The molecule has 4 nitrogen and oxygen atoms in total. The van der Waals surface area contributed by atoms with Crippen LogP contribution in [0.3, 0.4) is 0 Å². The van der Waals surface area contributed by atoms with E-state index in [2.05, 4.69) is 21.9 Å². The highest BCUT2D eigenvalue weighted by atomic mass is 35.5. The number of carbonyl (C=O) groups is 1. The summed E-state index contributed by atoms with van der Waals surface area (Å²) in [5.41, 5.74) is 0.320. The van der Waals surface area contributed by atoms with Crippen molar-refractivity contribution >= 4 is 17.5 Å². The van der Waals surface area contributed by atoms with Crippen molar-refractivity contribution in [2.24, 2.45) is 5.92 Å². The zero-order valence-electron chi connectivity index (χ0n) is 9.41. The van der Waals surface area contributed by atoms with Gasteiger partial charge in [-0.15, -0.1) is 11.6 Å². The average Bonchev–Trinajstić information content (AvgIpc) is 2.79. The lowest BCUT2D eigenvalue weighted by Crippen LogP contribution is -2.29. The van der Waals surface area contributed by atoms with Crippen LogP contribution < -0.4 is 5.32 Å². The van der Waals surface area contributed by atoms with Crippen molar-refractivity contribution in [3.05, 3.63) is 18.0 Å². The van der Waals surface area contributed by atoms with Gasteiger partial charge in [0, 0.05) is 18.5 Å². The van der Waals surface area contributed by atoms with Gasteiger partial charge in [0.25, 0.3) is 5.91 Å². The predicted molar refractivity (Wildman–Crippen MR) is 62.6 cm³/mol. The zero-order valence-corrected chi connectivity index (χ0v) is 10.2. The zero-order chi connectivity index (χ0) is 11.8. The third kappa shape index (κ3) is 4.23. The molecule has 5 heteroatoms. The summed E-state index contributed by atoms with van der Waals surface area (Å²) in [6, 6.07) is 1.55. The summed E-state index contributed by atoms with van der Waals surface area (Å²) in [5, 5.41) is 6.41. The molecule has 0 radical (unpaired) electrons. The molecular formula is C11H17ClN2O2. The van der Waals surface area contributed by atoms with Crippen molar-refractivity contribution in [2.75, 3.05) is 12.4 Å². The van der Waals surface area contributed by atoms with Crippen molar-refractivity contribution in [3.8, 4) is 0 Å². The Morgan fingerprint density at radius 1 is 1.62 bits per heavy atom. The fraction of sp³-hybridized carbons (Fsp3) is 0.636. The molecule has 0 bridgehead atoms. The molecule has 0 fully saturated rings. The van der Waals surface area contributed by atoms with E-state index in [1.807, 2.05) is 0 Å². The minimum atomic E-state index is -0.190. The van der Waals surface area contributed by atoms with Gasteiger partial charge in [0.1, 0.15) is 6.26 Å². The second-order valence-corrected chi connectivity index (χ2v) is 4.11. The van der Waals surface area contributed by atoms with Gasteiger partial charge >= 0.3 is 0 Å². The van der Waals surface area contributed by atoms with Gasteiger partial charge in [-0.2, -0.15) is 0 Å². The largest absolute Gasteiger partial charge is 0.364 e. The normalized spacial score (nSPS) is 12.4. The summed E-state index contributed by atoms with van der Waals surface area (Å²) >= 11 is 5.71. The third-order valence-electron chi connectivity index (χ3n) is 2.44. The lowest BCUT2D eigenvalue weighted by molar-refractivity contribution is 0.0937. The first kappa shape index (κ1) is 13.0. The van der Waals surface area contributed by atoms with Crippen LogP contribution in [0.1, 0.15) is 36.7 Å². The van der Waals surface area contributed by atoms with E-state index < -0.39 is 0 Å². The number of amides is 1. The second kappa shape index (κ2) is 7.28. The van der Waals surface area contributed by atoms with Crippen LogP contribution in [0.15, 0.2) is 16.9 Å². The summed E-state index contributed by atoms with van der Waals surface area (Å²) < 4.78 is 4.61. The summed E-state index contributed by atoms with van der Waals surface area (Å²) in [7, 11) is 0. The Bertz CT molecular complexity index is 295. The summed E-state index contributed by atoms with van der Waals surface area (Å²) in [5.74, 6) is 0.882. The van der Waals surface area contributed by atoms with Crippen LogP contribution >= 0.6 is 11.6 Å². The van der Waals surface area contributed by atoms with Gasteiger partial charge in [0.2, 0.25) is 0 Å². The Morgan fingerprint density at radius 2 is 2.44 bits per heavy atom. The quantitative estimate of drug-likeness (QED) is 0.750. The SMILES string of the molecule is CCCC(CCCl)CNC(=O)c1ccon1. The first-order valence-electron chi connectivity index (χ1n) is 5.52. The van der Waals surface area contributed by atoms with E-state index in [0.717, 1.165) is 19.3 Å². The molecule has 16 heavy (non-hydrogen) atoms. The number of hydrogen-bond acceptors (Lipinski definition) is 3. The maximum Gasteiger partial charge on any atom is 0.273 e. The monoisotopic (exact) mass is 244 g/mol. The van der Waals surface area contributed by atoms with Crippen LogP contribution in [0.2, 0.25) is 0 Å². The number of rotatable bonds is 7. The molecule has 0 aromatic carbocycles. The molecule has 1 atom stereocenters. The van der Waals surface area contributed by atoms with Crippen molar-refractivity contribution < 1.29 is 9.32 Å². The van der Waals surface area contributed by atoms with E-state index in [4.69, 9.17) is 11.6 Å². The molecule has 90 valence electrons. The predicted octanol–water partition coefficient (Wildman–Crippen LogP) is 2.45. The van der Waals surface area contributed by atoms with Crippen LogP contribution in [-0.4, -0.2) is 23.5 Å². The number of nitrogens with zero attached hydrogens (tertiary/aromatic N) is 1. The molecule has 1 amide bonds. The van der Waals surface area contributed by atoms with Gasteiger partial charge in [-0.25, -0.2) is 0 Å². The molecule has 0 aliphatic rings. The Balaban J connectivity index is 2.34. The molecule has 0 spiro atoms. The van der Waals surface area contributed by atoms with Gasteiger partial charge in [-0.3, -0.25) is 4.79 Å². The maximum absolute atomic E-state index is 11.6. The highest BCUT2D eigenvalue weighted by Crippen LogP contribution is 2.11. The molecule has 1 unspecified atom stereocenters. The fourth-order valence-corrected chi connectivity index (χ4v) is 1.88. The van der Waals surface area contributed by atoms with E-state index in [-0.39, 0.29) is 5.91 Å². The van der Waals surface area contributed by atoms with Crippen LogP contribution in [-0.2, 0) is 0 Å². The van der Waals surface area contributed by atoms with Crippen LogP contribution in [0.4, 0.5) is 0 Å². The Hall–Kier alpha value is -1.03. The van der Waals surface area contributed by atoms with E-state index in [1.54, 1.807) is 6.07 Å². The topological polar surface area (TPSA) is 55.1 Å². The van der Waals surface area contributed by atoms with E-state index >= 15 is 0 Å². The first-order valence-corrected chi connectivity index (χ1v) is 6.06. The van der Waals surface area contributed by atoms with Gasteiger partial charge < -0.3 is 9.84 Å². The maximum atomic E-state index is 11.6. The third-order valence-corrected chi connectivity index (χ3v) is 2.65. The molecule has 1 aromatic rings. The number of nitrogens with one attached hydrogen (secondary N) is 1. The van der Waals surface area contributed by atoms with E-state index in [1.165, 1.54) is 6.26 Å². The standard InChI is InChI=1S/C11H17ClN2O2/c1-2-3-9(4-6-12)8-13-11(15)10-5-7-16-14-10/h5,7,9H,2-4,6,8H2,1H3,(H,13,15). The smallest absolute Gasteiger partial charge is 0.273 e. The van der Waals surface area contributed by atoms with E-state index in [0.29, 0.717) is 24.0 Å². The van der Waals surface area contributed by atoms with E-state index in [9.17, 15) is 4.79 Å². The average molecular weight is 245 g/mol. The Kier molecular flexibility index (Phi) is 5.93. The van der Waals surface area contributed by atoms with Crippen molar-refractivity contribution in [1.29, 1.82) is 0 Å². The highest BCUT2D eigenvalue weighted by Gasteiger charge is 2.12. The molecule has 0 aliphatic carbocycles. The fourth-order valence-electron chi connectivity index (χ4n) is 1.57. The number of carbonyl (C=O) groups excluding carboxylic acids is 1. The number of halogens is 1. The molecule has 1 aromatic heterocycles. The van der Waals surface area contributed by atoms with Gasteiger partial charge in [-0.1, -0.05) is 18.5 Å². The summed E-state index contributed by atoms with van der Waals surface area (Å²) in [6.45, 7) is 2.77. The van der Waals surface area contributed by atoms with Crippen molar-refractivity contribution in [1.82, 2.24) is 10.5 Å². The molecule has 1 N–H and O–H groups in total. The lowest BCUT2D eigenvalue weighted by Gasteiger charge is -2.14. The van der Waals surface area contributed by atoms with Crippen LogP contribution in [0.25, 0.3) is 0 Å². The number of aromatic nitrogens is 1. The molecular weight excluding hydrogens is 228 g/mol. The van der Waals surface area contributed by atoms with Gasteiger partial charge in [-0.05, 0) is 18.8 Å². The van der Waals surface area contributed by atoms with Gasteiger partial charge in [0.15, 0.2) is 5.69 Å². The second-order valence-electron chi connectivity index (χ2n) is 3.73. The minimum absolute atomic E-state index is 0.190. The molecule has 0 aliphatic heterocycles. The first-order chi connectivity index (χ1) is 7.77. The Morgan fingerprint density at radius 3 is 3.00 bits per heavy atom. The Labute approximate surface area is 100 Å². The van der Waals surface area contributed by atoms with Gasteiger partial charge in [0.05, 0.1) is 0 Å². The summed E-state index contributed by atoms with van der Waals surface area (Å²) in [6.07, 6.45) is 4.49. The molecule has 1 rings (SSSR count). The molecule has 0 saturated heterocycles.